The molecule has 0 radical (unpaired) electrons. The molecule has 0 saturated carbocycles. The number of hydrogen-bond donors (Lipinski definition) is 2. The number of carboxylic acid groups (broad SMARTS) is 1. The van der Waals surface area contributed by atoms with E-state index in [4.69, 9.17) is 4.74 Å². The Kier molecular flexibility index (Phi) is 6.31. The maximum Gasteiger partial charge on any atom is 0.416 e. The molecule has 0 spiro atoms. The van der Waals surface area contributed by atoms with E-state index in [0.717, 1.165) is 19.4 Å². The number of carbonyl (C=O) groups is 2. The lowest BCUT2D eigenvalue weighted by atomic mass is 10.1. The maximum absolute atomic E-state index is 13.8. The molecule has 4 rings (SSSR count). The largest absolute Gasteiger partial charge is 0.476 e. The van der Waals surface area contributed by atoms with Crippen molar-refractivity contribution >= 4 is 39.3 Å². The highest BCUT2D eigenvalue weighted by Gasteiger charge is 2.34. The second-order valence-electron chi connectivity index (χ2n) is 8.89. The van der Waals surface area contributed by atoms with Crippen molar-refractivity contribution in [1.29, 1.82) is 0 Å². The first kappa shape index (κ1) is 23.1. The predicted octanol–water partition coefficient (Wildman–Crippen LogP) is 4.69. The highest BCUT2D eigenvalue weighted by molar-refractivity contribution is 7.22. The molecular weight excluding hydrogens is 447 g/mol. The molecule has 1 saturated heterocycles. The van der Waals surface area contributed by atoms with Gasteiger partial charge in [-0.05, 0) is 63.9 Å². The fourth-order valence-electron chi connectivity index (χ4n) is 3.80. The average Bonchev–Trinajstić information content (AvgIpc) is 3.19. The Balaban J connectivity index is 1.90. The summed E-state index contributed by atoms with van der Waals surface area (Å²) in [6.07, 6.45) is 1.02. The van der Waals surface area contributed by atoms with E-state index in [1.54, 1.807) is 39.0 Å². The highest BCUT2D eigenvalue weighted by Crippen LogP contribution is 2.40. The van der Waals surface area contributed by atoms with Crippen molar-refractivity contribution in [2.45, 2.75) is 45.3 Å². The fraction of sp³-hybridized carbons (Fsp3) is 0.391. The molecule has 8 nitrogen and oxygen atoms in total. The lowest BCUT2D eigenvalue weighted by molar-refractivity contribution is 0.0559. The van der Waals surface area contributed by atoms with Crippen LogP contribution in [0.5, 0.6) is 0 Å². The highest BCUT2D eigenvalue weighted by atomic mass is 32.1. The summed E-state index contributed by atoms with van der Waals surface area (Å²) in [5.41, 5.74) is -0.347. The number of aromatic nitrogens is 2. The number of halogens is 1. The van der Waals surface area contributed by atoms with E-state index in [1.165, 1.54) is 28.4 Å². The van der Waals surface area contributed by atoms with E-state index in [1.807, 2.05) is 0 Å². The molecule has 1 aliphatic heterocycles. The van der Waals surface area contributed by atoms with Crippen LogP contribution in [-0.4, -0.2) is 52.1 Å². The number of anilines is 1. The number of nitrogens with one attached hydrogen (secondary N) is 1. The van der Waals surface area contributed by atoms with Crippen molar-refractivity contribution in [2.75, 3.05) is 18.0 Å². The van der Waals surface area contributed by atoms with Crippen molar-refractivity contribution < 1.29 is 23.8 Å². The number of carbonyl (C=O) groups excluding carboxylic acids is 1. The predicted molar refractivity (Wildman–Crippen MR) is 124 cm³/mol. The molecule has 1 unspecified atom stereocenters. The van der Waals surface area contributed by atoms with Crippen LogP contribution in [0.3, 0.4) is 0 Å². The van der Waals surface area contributed by atoms with Gasteiger partial charge in [-0.2, -0.15) is 0 Å². The Bertz CT molecular complexity index is 1200. The van der Waals surface area contributed by atoms with Gasteiger partial charge >= 0.3 is 12.1 Å². The number of amides is 1. The van der Waals surface area contributed by atoms with Crippen LogP contribution in [0.4, 0.5) is 15.0 Å². The molecule has 0 bridgehead atoms. The normalized spacial score (nSPS) is 16.5. The summed E-state index contributed by atoms with van der Waals surface area (Å²) in [7, 11) is 0. The monoisotopic (exact) mass is 472 g/mol. The summed E-state index contributed by atoms with van der Waals surface area (Å²) in [4.78, 5) is 27.3. The summed E-state index contributed by atoms with van der Waals surface area (Å²) in [6, 6.07) is 7.55. The number of benzene rings is 1. The number of hydrogen-bond acceptors (Lipinski definition) is 7. The summed E-state index contributed by atoms with van der Waals surface area (Å²) in [6.45, 7) is 6.74. The van der Waals surface area contributed by atoms with E-state index >= 15 is 0 Å². The van der Waals surface area contributed by atoms with Crippen LogP contribution >= 0.6 is 11.3 Å². The van der Waals surface area contributed by atoms with Gasteiger partial charge in [0.15, 0.2) is 11.5 Å². The number of carboxylic acids is 1. The van der Waals surface area contributed by atoms with E-state index in [0.29, 0.717) is 27.1 Å². The molecule has 1 amide bonds. The van der Waals surface area contributed by atoms with Gasteiger partial charge in [0.2, 0.25) is 0 Å². The van der Waals surface area contributed by atoms with Crippen molar-refractivity contribution in [3.8, 4) is 10.4 Å². The minimum absolute atomic E-state index is 0.215. The van der Waals surface area contributed by atoms with Crippen molar-refractivity contribution in [1.82, 2.24) is 15.5 Å². The Morgan fingerprint density at radius 1 is 1.27 bits per heavy atom. The molecule has 2 aromatic heterocycles. The van der Waals surface area contributed by atoms with E-state index in [9.17, 15) is 19.1 Å². The molecule has 0 aliphatic carbocycles. The van der Waals surface area contributed by atoms with Crippen molar-refractivity contribution in [2.24, 2.45) is 0 Å². The molecule has 1 atom stereocenters. The summed E-state index contributed by atoms with van der Waals surface area (Å²) in [5, 5.41) is 21.5. The van der Waals surface area contributed by atoms with Gasteiger partial charge in [-0.1, -0.05) is 12.1 Å². The summed E-state index contributed by atoms with van der Waals surface area (Å²) >= 11 is 1.17. The van der Waals surface area contributed by atoms with E-state index in [-0.39, 0.29) is 17.6 Å². The molecule has 174 valence electrons. The van der Waals surface area contributed by atoms with Gasteiger partial charge in [0, 0.05) is 16.8 Å². The molecule has 10 heteroatoms. The number of nitrogens with zero attached hydrogens (tertiary/aromatic N) is 3. The van der Waals surface area contributed by atoms with Crippen molar-refractivity contribution in [3.05, 3.63) is 41.8 Å². The van der Waals surface area contributed by atoms with Gasteiger partial charge in [-0.3, -0.25) is 4.90 Å². The average molecular weight is 473 g/mol. The quantitative estimate of drug-likeness (QED) is 0.568. The standard InChI is InChI=1S/C23H25FN4O4S/c1-23(2,3)32-22(31)28(15-8-5-9-25-12-15)20-16-11-17(13-6-4-7-14(24)10-13)33-19(16)18(21(29)30)26-27-20/h4,6-7,10-11,15,25H,5,8-9,12H2,1-3H3,(H,29,30). The zero-order valence-electron chi connectivity index (χ0n) is 18.6. The first-order valence-corrected chi connectivity index (χ1v) is 11.5. The fourth-order valence-corrected chi connectivity index (χ4v) is 4.93. The zero-order valence-corrected chi connectivity index (χ0v) is 19.4. The first-order valence-electron chi connectivity index (χ1n) is 10.7. The Labute approximate surface area is 194 Å². The van der Waals surface area contributed by atoms with Gasteiger partial charge < -0.3 is 15.2 Å². The third-order valence-corrected chi connectivity index (χ3v) is 6.39. The second kappa shape index (κ2) is 9.03. The number of thiophene rings is 1. The third kappa shape index (κ3) is 4.96. The summed E-state index contributed by atoms with van der Waals surface area (Å²) < 4.78 is 19.9. The van der Waals surface area contributed by atoms with E-state index in [2.05, 4.69) is 15.5 Å². The van der Waals surface area contributed by atoms with Crippen LogP contribution in [0.2, 0.25) is 0 Å². The van der Waals surface area contributed by atoms with Crippen LogP contribution in [0.25, 0.3) is 20.5 Å². The summed E-state index contributed by atoms with van der Waals surface area (Å²) in [5.74, 6) is -1.39. The molecule has 1 aliphatic rings. The van der Waals surface area contributed by atoms with E-state index < -0.39 is 23.5 Å². The van der Waals surface area contributed by atoms with Gasteiger partial charge in [0.25, 0.3) is 0 Å². The van der Waals surface area contributed by atoms with Gasteiger partial charge in [-0.15, -0.1) is 21.5 Å². The smallest absolute Gasteiger partial charge is 0.416 e. The number of piperidine rings is 1. The minimum Gasteiger partial charge on any atom is -0.476 e. The minimum atomic E-state index is -1.23. The van der Waals surface area contributed by atoms with Gasteiger partial charge in [0.05, 0.1) is 10.7 Å². The maximum atomic E-state index is 13.8. The third-order valence-electron chi connectivity index (χ3n) is 5.20. The lowest BCUT2D eigenvalue weighted by Gasteiger charge is -2.35. The number of ether oxygens (including phenoxy) is 1. The number of rotatable bonds is 4. The number of aromatic carboxylic acids is 1. The molecular formula is C23H25FN4O4S. The first-order chi connectivity index (χ1) is 15.6. The molecule has 3 aromatic rings. The van der Waals surface area contributed by atoms with Gasteiger partial charge in [0.1, 0.15) is 11.4 Å². The Hall–Kier alpha value is -3.11. The van der Waals surface area contributed by atoms with Gasteiger partial charge in [-0.25, -0.2) is 14.0 Å². The SMILES string of the molecule is CC(C)(C)OC(=O)N(c1nnc(C(=O)O)c2sc(-c3cccc(F)c3)cc12)C1CCCNC1. The topological polar surface area (TPSA) is 105 Å². The Morgan fingerprint density at radius 2 is 2.06 bits per heavy atom. The van der Waals surface area contributed by atoms with Crippen LogP contribution in [0.1, 0.15) is 44.1 Å². The van der Waals surface area contributed by atoms with Crippen LogP contribution in [0.15, 0.2) is 30.3 Å². The van der Waals surface area contributed by atoms with Crippen LogP contribution in [-0.2, 0) is 4.74 Å². The molecule has 2 N–H and O–H groups in total. The molecule has 1 aromatic carbocycles. The zero-order chi connectivity index (χ0) is 23.8. The van der Waals surface area contributed by atoms with Crippen molar-refractivity contribution in [3.63, 3.8) is 0 Å². The van der Waals surface area contributed by atoms with Crippen LogP contribution < -0.4 is 10.2 Å². The number of fused-ring (bicyclic) bond motifs is 1. The molecule has 3 heterocycles. The molecule has 33 heavy (non-hydrogen) atoms. The second-order valence-corrected chi connectivity index (χ2v) is 9.94. The Morgan fingerprint density at radius 3 is 2.70 bits per heavy atom. The lowest BCUT2D eigenvalue weighted by Crippen LogP contribution is -2.51. The molecule has 1 fully saturated rings. The van der Waals surface area contributed by atoms with Crippen LogP contribution in [0, 0.1) is 5.82 Å².